The first-order valence-corrected chi connectivity index (χ1v) is 7.42. The molecule has 0 N–H and O–H groups in total. The molecule has 1 rings (SSSR count). The van der Waals surface area contributed by atoms with E-state index in [1.165, 1.54) is 0 Å². The highest BCUT2D eigenvalue weighted by molar-refractivity contribution is 6.34. The van der Waals surface area contributed by atoms with Crippen molar-refractivity contribution in [3.8, 4) is 11.5 Å². The van der Waals surface area contributed by atoms with Gasteiger partial charge in [0.2, 0.25) is 0 Å². The maximum absolute atomic E-state index is 12.6. The fourth-order valence-electron chi connectivity index (χ4n) is 2.23. The molecule has 0 amide bonds. The lowest BCUT2D eigenvalue weighted by molar-refractivity contribution is 0.0908. The first kappa shape index (κ1) is 16.8. The molecule has 0 fully saturated rings. The number of rotatable bonds is 8. The molecule has 1 aromatic carbocycles. The molecule has 3 nitrogen and oxygen atoms in total. The molecule has 0 saturated carbocycles. The van der Waals surface area contributed by atoms with Crippen molar-refractivity contribution in [2.45, 2.75) is 39.5 Å². The van der Waals surface area contributed by atoms with Gasteiger partial charge in [0.25, 0.3) is 0 Å². The Morgan fingerprint density at radius 2 is 1.80 bits per heavy atom. The predicted molar refractivity (Wildman–Crippen MR) is 82.2 cm³/mol. The number of halogens is 1. The molecule has 0 spiro atoms. The van der Waals surface area contributed by atoms with Gasteiger partial charge in [0.1, 0.15) is 0 Å². The summed E-state index contributed by atoms with van der Waals surface area (Å²) in [5, 5.41) is 0.419. The third-order valence-corrected chi connectivity index (χ3v) is 3.82. The van der Waals surface area contributed by atoms with E-state index in [1.54, 1.807) is 26.4 Å². The second-order valence-electron chi connectivity index (χ2n) is 4.80. The summed E-state index contributed by atoms with van der Waals surface area (Å²) in [7, 11) is 3.10. The lowest BCUT2D eigenvalue weighted by Crippen LogP contribution is -2.15. The Hall–Kier alpha value is -1.22. The first-order chi connectivity index (χ1) is 9.58. The Morgan fingerprint density at radius 3 is 2.30 bits per heavy atom. The number of ether oxygens (including phenoxy) is 2. The van der Waals surface area contributed by atoms with Gasteiger partial charge in [-0.15, -0.1) is 0 Å². The summed E-state index contributed by atoms with van der Waals surface area (Å²) in [4.78, 5) is 12.6. The molecular weight excluding hydrogens is 276 g/mol. The van der Waals surface area contributed by atoms with Gasteiger partial charge in [-0.1, -0.05) is 38.3 Å². The predicted octanol–water partition coefficient (Wildman–Crippen LogP) is 4.76. The number of carbonyl (C=O) groups is 1. The van der Waals surface area contributed by atoms with Crippen LogP contribution < -0.4 is 9.47 Å². The quantitative estimate of drug-likeness (QED) is 0.649. The highest BCUT2D eigenvalue weighted by Crippen LogP contribution is 2.35. The molecule has 1 atom stereocenters. The van der Waals surface area contributed by atoms with Crippen LogP contribution in [0.1, 0.15) is 49.9 Å². The summed E-state index contributed by atoms with van der Waals surface area (Å²) < 4.78 is 10.4. The highest BCUT2D eigenvalue weighted by Gasteiger charge is 2.22. The van der Waals surface area contributed by atoms with Crippen LogP contribution in [-0.4, -0.2) is 20.0 Å². The number of Topliss-reactive ketones (excluding diaryl/α,β-unsaturated/α-hetero) is 1. The van der Waals surface area contributed by atoms with Gasteiger partial charge in [0, 0.05) is 17.5 Å². The molecule has 1 unspecified atom stereocenters. The van der Waals surface area contributed by atoms with Crippen LogP contribution in [0.3, 0.4) is 0 Å². The maximum atomic E-state index is 12.6. The molecule has 4 heteroatoms. The van der Waals surface area contributed by atoms with Crippen molar-refractivity contribution in [1.82, 2.24) is 0 Å². The summed E-state index contributed by atoms with van der Waals surface area (Å²) in [6.45, 7) is 4.16. The number of unbranched alkanes of at least 4 members (excludes halogenated alkanes) is 1. The van der Waals surface area contributed by atoms with E-state index in [-0.39, 0.29) is 11.7 Å². The van der Waals surface area contributed by atoms with Gasteiger partial charge in [0.05, 0.1) is 19.2 Å². The Morgan fingerprint density at radius 1 is 1.20 bits per heavy atom. The van der Waals surface area contributed by atoms with Crippen LogP contribution in [0.5, 0.6) is 11.5 Å². The fraction of sp³-hybridized carbons (Fsp3) is 0.562. The largest absolute Gasteiger partial charge is 0.493 e. The Bertz CT molecular complexity index is 457. The van der Waals surface area contributed by atoms with Crippen LogP contribution >= 0.6 is 11.6 Å². The molecule has 0 aromatic heterocycles. The zero-order chi connectivity index (χ0) is 15.1. The minimum atomic E-state index is 0.0190. The van der Waals surface area contributed by atoms with E-state index in [0.29, 0.717) is 22.1 Å². The molecule has 0 aliphatic carbocycles. The monoisotopic (exact) mass is 298 g/mol. The zero-order valence-corrected chi connectivity index (χ0v) is 13.4. The lowest BCUT2D eigenvalue weighted by atomic mass is 9.90. The third-order valence-electron chi connectivity index (χ3n) is 3.51. The van der Waals surface area contributed by atoms with E-state index in [9.17, 15) is 4.79 Å². The van der Waals surface area contributed by atoms with Crippen LogP contribution in [0.25, 0.3) is 0 Å². The molecule has 112 valence electrons. The summed E-state index contributed by atoms with van der Waals surface area (Å²) in [6.07, 6.45) is 3.86. The normalized spacial score (nSPS) is 12.1. The first-order valence-electron chi connectivity index (χ1n) is 7.04. The topological polar surface area (TPSA) is 35.5 Å². The highest BCUT2D eigenvalue weighted by atomic mass is 35.5. The summed E-state index contributed by atoms with van der Waals surface area (Å²) in [5.74, 6) is 1.18. The second kappa shape index (κ2) is 8.15. The fourth-order valence-corrected chi connectivity index (χ4v) is 2.48. The summed E-state index contributed by atoms with van der Waals surface area (Å²) >= 11 is 6.21. The van der Waals surface area contributed by atoms with E-state index in [1.807, 2.05) is 6.92 Å². The summed E-state index contributed by atoms with van der Waals surface area (Å²) in [6, 6.07) is 3.32. The number of hydrogen-bond donors (Lipinski definition) is 0. The zero-order valence-electron chi connectivity index (χ0n) is 12.7. The van der Waals surface area contributed by atoms with E-state index in [0.717, 1.165) is 25.7 Å². The molecule has 1 aromatic rings. The average Bonchev–Trinajstić information content (AvgIpc) is 2.47. The molecule has 0 saturated heterocycles. The van der Waals surface area contributed by atoms with Crippen molar-refractivity contribution in [3.05, 3.63) is 22.7 Å². The number of benzene rings is 1. The van der Waals surface area contributed by atoms with Crippen molar-refractivity contribution in [2.75, 3.05) is 14.2 Å². The number of hydrogen-bond acceptors (Lipinski definition) is 3. The smallest absolute Gasteiger partial charge is 0.167 e. The van der Waals surface area contributed by atoms with E-state index < -0.39 is 0 Å². The van der Waals surface area contributed by atoms with Gasteiger partial charge in [-0.25, -0.2) is 0 Å². The third kappa shape index (κ3) is 3.89. The van der Waals surface area contributed by atoms with Gasteiger partial charge in [0.15, 0.2) is 17.3 Å². The van der Waals surface area contributed by atoms with Crippen LogP contribution in [0.15, 0.2) is 12.1 Å². The van der Waals surface area contributed by atoms with E-state index in [2.05, 4.69) is 6.92 Å². The van der Waals surface area contributed by atoms with Crippen molar-refractivity contribution in [3.63, 3.8) is 0 Å². The number of methoxy groups -OCH3 is 2. The van der Waals surface area contributed by atoms with Crippen LogP contribution in [0.2, 0.25) is 5.02 Å². The van der Waals surface area contributed by atoms with Crippen molar-refractivity contribution >= 4 is 17.4 Å². The lowest BCUT2D eigenvalue weighted by Gasteiger charge is -2.16. The maximum Gasteiger partial charge on any atom is 0.167 e. The molecular formula is C16H23ClO3. The van der Waals surface area contributed by atoms with Crippen LogP contribution in [-0.2, 0) is 0 Å². The Kier molecular flexibility index (Phi) is 6.86. The molecule has 0 heterocycles. The SMILES string of the molecule is CCCCC(CC)C(=O)c1cc(OC)c(OC)cc1Cl. The molecule has 20 heavy (non-hydrogen) atoms. The Labute approximate surface area is 126 Å². The molecule has 0 bridgehead atoms. The average molecular weight is 299 g/mol. The standard InChI is InChI=1S/C16H23ClO3/c1-5-7-8-11(6-2)16(18)12-9-14(19-3)15(20-4)10-13(12)17/h9-11H,5-8H2,1-4H3. The van der Waals surface area contributed by atoms with Crippen LogP contribution in [0.4, 0.5) is 0 Å². The number of carbonyl (C=O) groups excluding carboxylic acids is 1. The van der Waals surface area contributed by atoms with Crippen LogP contribution in [0, 0.1) is 5.92 Å². The van der Waals surface area contributed by atoms with E-state index >= 15 is 0 Å². The Balaban J connectivity index is 3.08. The van der Waals surface area contributed by atoms with Crippen molar-refractivity contribution in [2.24, 2.45) is 5.92 Å². The minimum Gasteiger partial charge on any atom is -0.493 e. The van der Waals surface area contributed by atoms with Gasteiger partial charge in [-0.05, 0) is 18.9 Å². The van der Waals surface area contributed by atoms with Crippen molar-refractivity contribution in [1.29, 1.82) is 0 Å². The van der Waals surface area contributed by atoms with Gasteiger partial charge < -0.3 is 9.47 Å². The molecule has 0 radical (unpaired) electrons. The molecule has 0 aliphatic heterocycles. The van der Waals surface area contributed by atoms with Gasteiger partial charge >= 0.3 is 0 Å². The second-order valence-corrected chi connectivity index (χ2v) is 5.21. The summed E-state index contributed by atoms with van der Waals surface area (Å²) in [5.41, 5.74) is 0.521. The number of ketones is 1. The van der Waals surface area contributed by atoms with E-state index in [4.69, 9.17) is 21.1 Å². The van der Waals surface area contributed by atoms with Gasteiger partial charge in [-0.2, -0.15) is 0 Å². The van der Waals surface area contributed by atoms with Crippen molar-refractivity contribution < 1.29 is 14.3 Å². The molecule has 0 aliphatic rings. The minimum absolute atomic E-state index is 0.0190. The van der Waals surface area contributed by atoms with Gasteiger partial charge in [-0.3, -0.25) is 4.79 Å².